The maximum Gasteiger partial charge on any atom is 0.220 e. The number of carbonyl (C=O) groups is 1. The van der Waals surface area contributed by atoms with Gasteiger partial charge in [-0.2, -0.15) is 0 Å². The van der Waals surface area contributed by atoms with Gasteiger partial charge in [0, 0.05) is 24.9 Å². The number of amides is 1. The molecule has 1 saturated heterocycles. The van der Waals surface area contributed by atoms with E-state index in [1.807, 2.05) is 13.0 Å². The molecule has 2 N–H and O–H groups in total. The van der Waals surface area contributed by atoms with Crippen molar-refractivity contribution in [2.24, 2.45) is 0 Å². The van der Waals surface area contributed by atoms with Gasteiger partial charge < -0.3 is 10.6 Å². The predicted molar refractivity (Wildman–Crippen MR) is 69.1 cm³/mol. The van der Waals surface area contributed by atoms with E-state index >= 15 is 0 Å². The number of carbonyl (C=O) groups excluding carboxylic acids is 1. The van der Waals surface area contributed by atoms with E-state index in [-0.39, 0.29) is 11.9 Å². The van der Waals surface area contributed by atoms with Crippen LogP contribution in [0.3, 0.4) is 0 Å². The second-order valence-corrected chi connectivity index (χ2v) is 4.68. The van der Waals surface area contributed by atoms with E-state index in [0.29, 0.717) is 12.8 Å². The van der Waals surface area contributed by atoms with Gasteiger partial charge in [0.05, 0.1) is 6.04 Å². The van der Waals surface area contributed by atoms with E-state index in [0.717, 1.165) is 30.2 Å². The van der Waals surface area contributed by atoms with Crippen molar-refractivity contribution in [3.05, 3.63) is 23.3 Å². The van der Waals surface area contributed by atoms with Crippen molar-refractivity contribution in [2.75, 3.05) is 13.6 Å². The van der Waals surface area contributed by atoms with Crippen molar-refractivity contribution in [1.82, 2.24) is 20.6 Å². The number of hydrogen-bond donors (Lipinski definition) is 2. The van der Waals surface area contributed by atoms with Crippen LogP contribution < -0.4 is 10.6 Å². The molecule has 0 radical (unpaired) electrons. The molecule has 1 aromatic heterocycles. The first-order chi connectivity index (χ1) is 8.69. The molecule has 18 heavy (non-hydrogen) atoms. The molecule has 0 spiro atoms. The summed E-state index contributed by atoms with van der Waals surface area (Å²) in [5.41, 5.74) is 1.93. The summed E-state index contributed by atoms with van der Waals surface area (Å²) in [6.45, 7) is 3.01. The van der Waals surface area contributed by atoms with E-state index in [1.54, 1.807) is 7.05 Å². The average Bonchev–Trinajstić information content (AvgIpc) is 2.89. The van der Waals surface area contributed by atoms with Crippen LogP contribution in [-0.2, 0) is 11.2 Å². The van der Waals surface area contributed by atoms with E-state index in [4.69, 9.17) is 0 Å². The molecular weight excluding hydrogens is 228 g/mol. The van der Waals surface area contributed by atoms with Gasteiger partial charge in [-0.3, -0.25) is 4.79 Å². The first-order valence-corrected chi connectivity index (χ1v) is 6.47. The summed E-state index contributed by atoms with van der Waals surface area (Å²) in [6.07, 6.45) is 3.42. The fourth-order valence-electron chi connectivity index (χ4n) is 2.21. The maximum atomic E-state index is 11.2. The molecule has 2 rings (SSSR count). The fraction of sp³-hybridized carbons (Fsp3) is 0.615. The zero-order valence-electron chi connectivity index (χ0n) is 11.0. The van der Waals surface area contributed by atoms with Crippen molar-refractivity contribution in [3.8, 4) is 0 Å². The normalized spacial score (nSPS) is 18.9. The Bertz CT molecular complexity index is 427. The lowest BCUT2D eigenvalue weighted by Crippen LogP contribution is -2.19. The zero-order chi connectivity index (χ0) is 13.0. The van der Waals surface area contributed by atoms with Gasteiger partial charge in [-0.15, -0.1) is 0 Å². The van der Waals surface area contributed by atoms with Gasteiger partial charge in [0.2, 0.25) is 5.91 Å². The average molecular weight is 248 g/mol. The largest absolute Gasteiger partial charge is 0.359 e. The number of aromatic nitrogens is 2. The van der Waals surface area contributed by atoms with E-state index < -0.39 is 0 Å². The fourth-order valence-corrected chi connectivity index (χ4v) is 2.21. The van der Waals surface area contributed by atoms with Gasteiger partial charge in [0.1, 0.15) is 5.82 Å². The minimum Gasteiger partial charge on any atom is -0.359 e. The third-order valence-corrected chi connectivity index (χ3v) is 3.18. The van der Waals surface area contributed by atoms with Crippen molar-refractivity contribution < 1.29 is 4.79 Å². The molecule has 1 aliphatic rings. The highest BCUT2D eigenvalue weighted by Gasteiger charge is 2.19. The molecule has 0 aliphatic carbocycles. The lowest BCUT2D eigenvalue weighted by atomic mass is 10.1. The van der Waals surface area contributed by atoms with Crippen molar-refractivity contribution >= 4 is 5.91 Å². The smallest absolute Gasteiger partial charge is 0.220 e. The van der Waals surface area contributed by atoms with Crippen LogP contribution >= 0.6 is 0 Å². The summed E-state index contributed by atoms with van der Waals surface area (Å²) in [4.78, 5) is 20.3. The van der Waals surface area contributed by atoms with Crippen molar-refractivity contribution in [1.29, 1.82) is 0 Å². The van der Waals surface area contributed by atoms with Crippen molar-refractivity contribution in [3.63, 3.8) is 0 Å². The SMILES string of the molecule is CNC(=O)CCc1cc(C)nc([C@@H]2CCCN2)n1. The van der Waals surface area contributed by atoms with Gasteiger partial charge in [0.25, 0.3) is 0 Å². The Hall–Kier alpha value is -1.49. The van der Waals surface area contributed by atoms with Gasteiger partial charge >= 0.3 is 0 Å². The summed E-state index contributed by atoms with van der Waals surface area (Å²) in [5, 5.41) is 6.02. The number of rotatable bonds is 4. The van der Waals surface area contributed by atoms with Gasteiger partial charge in [-0.25, -0.2) is 9.97 Å². The first kappa shape index (κ1) is 13.0. The number of nitrogens with one attached hydrogen (secondary N) is 2. The molecule has 5 nitrogen and oxygen atoms in total. The molecular formula is C13H20N4O. The van der Waals surface area contributed by atoms with Crippen LogP contribution in [0.2, 0.25) is 0 Å². The first-order valence-electron chi connectivity index (χ1n) is 6.47. The predicted octanol–water partition coefficient (Wildman–Crippen LogP) is 0.888. The lowest BCUT2D eigenvalue weighted by molar-refractivity contribution is -0.120. The Morgan fingerprint density at radius 3 is 3.06 bits per heavy atom. The summed E-state index contributed by atoms with van der Waals surface area (Å²) in [5.74, 6) is 0.922. The number of nitrogens with zero attached hydrogens (tertiary/aromatic N) is 2. The lowest BCUT2D eigenvalue weighted by Gasteiger charge is -2.11. The van der Waals surface area contributed by atoms with Crippen LogP contribution in [0.1, 0.15) is 42.5 Å². The van der Waals surface area contributed by atoms with Crippen LogP contribution in [0.5, 0.6) is 0 Å². The van der Waals surface area contributed by atoms with E-state index in [2.05, 4.69) is 20.6 Å². The maximum absolute atomic E-state index is 11.2. The van der Waals surface area contributed by atoms with Gasteiger partial charge in [-0.05, 0) is 38.8 Å². The summed E-state index contributed by atoms with van der Waals surface area (Å²) in [7, 11) is 1.65. The standard InChI is InChI=1S/C13H20N4O/c1-9-8-10(5-6-12(18)14-2)17-13(16-9)11-4-3-7-15-11/h8,11,15H,3-7H2,1-2H3,(H,14,18)/t11-/m0/s1. The van der Waals surface area contributed by atoms with E-state index in [1.165, 1.54) is 6.42 Å². The van der Waals surface area contributed by atoms with Gasteiger partial charge in [0.15, 0.2) is 0 Å². The van der Waals surface area contributed by atoms with E-state index in [9.17, 15) is 4.79 Å². The van der Waals surface area contributed by atoms with Crippen LogP contribution in [-0.4, -0.2) is 29.5 Å². The third-order valence-electron chi connectivity index (χ3n) is 3.18. The van der Waals surface area contributed by atoms with Gasteiger partial charge in [-0.1, -0.05) is 0 Å². The zero-order valence-corrected chi connectivity index (χ0v) is 11.0. The molecule has 1 aromatic rings. The Labute approximate surface area is 107 Å². The molecule has 1 fully saturated rings. The number of aryl methyl sites for hydroxylation is 2. The highest BCUT2D eigenvalue weighted by atomic mass is 16.1. The highest BCUT2D eigenvalue weighted by molar-refractivity contribution is 5.75. The molecule has 2 heterocycles. The topological polar surface area (TPSA) is 66.9 Å². The van der Waals surface area contributed by atoms with Crippen LogP contribution in [0.15, 0.2) is 6.07 Å². The molecule has 98 valence electrons. The third kappa shape index (κ3) is 3.26. The molecule has 5 heteroatoms. The van der Waals surface area contributed by atoms with Crippen LogP contribution in [0.25, 0.3) is 0 Å². The molecule has 1 atom stereocenters. The quantitative estimate of drug-likeness (QED) is 0.830. The minimum atomic E-state index is 0.0480. The van der Waals surface area contributed by atoms with Crippen LogP contribution in [0.4, 0.5) is 0 Å². The Balaban J connectivity index is 2.08. The monoisotopic (exact) mass is 248 g/mol. The molecule has 1 amide bonds. The second-order valence-electron chi connectivity index (χ2n) is 4.68. The Morgan fingerprint density at radius 2 is 2.39 bits per heavy atom. The molecule has 0 saturated carbocycles. The van der Waals surface area contributed by atoms with Crippen LogP contribution in [0, 0.1) is 6.92 Å². The number of hydrogen-bond acceptors (Lipinski definition) is 4. The van der Waals surface area contributed by atoms with Crippen molar-refractivity contribution in [2.45, 2.75) is 38.6 Å². The summed E-state index contributed by atoms with van der Waals surface area (Å²) < 4.78 is 0. The molecule has 0 unspecified atom stereocenters. The Kier molecular flexibility index (Phi) is 4.25. The summed E-state index contributed by atoms with van der Waals surface area (Å²) in [6, 6.07) is 2.24. The summed E-state index contributed by atoms with van der Waals surface area (Å²) >= 11 is 0. The Morgan fingerprint density at radius 1 is 1.56 bits per heavy atom. The second kappa shape index (κ2) is 5.91. The molecule has 0 aromatic carbocycles. The molecule has 0 bridgehead atoms. The minimum absolute atomic E-state index is 0.0480. The molecule has 1 aliphatic heterocycles. The highest BCUT2D eigenvalue weighted by Crippen LogP contribution is 2.20.